The number of aldehydes is 1. The lowest BCUT2D eigenvalue weighted by Crippen LogP contribution is -2.49. The molecule has 0 aliphatic carbocycles. The van der Waals surface area contributed by atoms with E-state index in [-0.39, 0.29) is 38.6 Å². The largest absolute Gasteiger partial charge is 0.345 e. The average molecular weight is 714 g/mol. The Morgan fingerprint density at radius 3 is 1.16 bits per heavy atom. The molecule has 1 atom stereocenters. The first-order valence-electron chi connectivity index (χ1n) is 15.5. The fourth-order valence-corrected chi connectivity index (χ4v) is 3.64. The highest BCUT2D eigenvalue weighted by molar-refractivity contribution is 5.93. The molecule has 0 aliphatic heterocycles. The minimum atomic E-state index is -0.888. The lowest BCUT2D eigenvalue weighted by molar-refractivity contribution is -0.141. The summed E-state index contributed by atoms with van der Waals surface area (Å²) < 4.78 is 0. The van der Waals surface area contributed by atoms with Crippen LogP contribution in [0.15, 0.2) is 0 Å². The zero-order valence-corrected chi connectivity index (χ0v) is 29.8. The standard InChI is InChI=1S/C29H51N11O10/c1-8-31-10-24(45)38(5)16-27(48)35(2)13-21(42)32-11-25(46)39(6)17-28(49)36(3)14-22(43)33-12-26(47)40(7)18-29(50)37(4)15-23(44)34-20(9-30)19-41/h19-20,31H,8-18,30H2,1-7H3,(H,32,42)(H,33,43)(H,34,44). The Labute approximate surface area is 291 Å². The van der Waals surface area contributed by atoms with Crippen LogP contribution in [0.3, 0.4) is 0 Å². The van der Waals surface area contributed by atoms with Gasteiger partial charge in [-0.2, -0.15) is 0 Å². The Bertz CT molecular complexity index is 1250. The van der Waals surface area contributed by atoms with Crippen molar-refractivity contribution >= 4 is 59.5 Å². The fraction of sp³-hybridized carbons (Fsp3) is 0.655. The van der Waals surface area contributed by atoms with Gasteiger partial charge in [0.15, 0.2) is 0 Å². The second-order valence-electron chi connectivity index (χ2n) is 11.4. The van der Waals surface area contributed by atoms with E-state index in [4.69, 9.17) is 5.73 Å². The molecule has 0 aromatic heterocycles. The summed E-state index contributed by atoms with van der Waals surface area (Å²) in [6, 6.07) is -0.888. The van der Waals surface area contributed by atoms with Crippen molar-refractivity contribution in [1.82, 2.24) is 50.7 Å². The zero-order chi connectivity index (χ0) is 38.6. The summed E-state index contributed by atoms with van der Waals surface area (Å²) in [6.07, 6.45) is 0.466. The van der Waals surface area contributed by atoms with Crippen LogP contribution in [0.25, 0.3) is 0 Å². The molecule has 1 unspecified atom stereocenters. The fourth-order valence-electron chi connectivity index (χ4n) is 3.64. The quantitative estimate of drug-likeness (QED) is 0.0656. The van der Waals surface area contributed by atoms with Crippen molar-refractivity contribution in [1.29, 1.82) is 0 Å². The maximum Gasteiger partial charge on any atom is 0.242 e. The van der Waals surface area contributed by atoms with E-state index in [0.29, 0.717) is 12.8 Å². The average Bonchev–Trinajstić information content (AvgIpc) is 3.06. The van der Waals surface area contributed by atoms with Gasteiger partial charge in [0.25, 0.3) is 0 Å². The van der Waals surface area contributed by atoms with Crippen LogP contribution < -0.4 is 27.0 Å². The third-order valence-electron chi connectivity index (χ3n) is 6.98. The summed E-state index contributed by atoms with van der Waals surface area (Å²) >= 11 is 0. The van der Waals surface area contributed by atoms with Crippen LogP contribution >= 0.6 is 0 Å². The highest BCUT2D eigenvalue weighted by Crippen LogP contribution is 1.95. The van der Waals surface area contributed by atoms with Gasteiger partial charge < -0.3 is 61.2 Å². The number of rotatable bonds is 22. The lowest BCUT2D eigenvalue weighted by Gasteiger charge is -2.23. The first-order chi connectivity index (χ1) is 23.4. The van der Waals surface area contributed by atoms with Gasteiger partial charge in [0.2, 0.25) is 53.2 Å². The SMILES string of the molecule is CCNCC(=O)N(C)CC(=O)N(C)CC(=O)NCC(=O)N(C)CC(=O)N(C)CC(=O)NCC(=O)N(C)CC(=O)N(C)CC(=O)NC(C=O)CN. The Kier molecular flexibility index (Phi) is 20.8. The van der Waals surface area contributed by atoms with Crippen LogP contribution in [-0.4, -0.2) is 209 Å². The Morgan fingerprint density at radius 1 is 0.520 bits per heavy atom. The molecule has 0 aromatic carbocycles. The molecule has 21 heteroatoms. The molecule has 0 saturated carbocycles. The highest BCUT2D eigenvalue weighted by Gasteiger charge is 2.22. The predicted octanol–water partition coefficient (Wildman–Crippen LogP) is -6.78. The number of nitrogens with one attached hydrogen (secondary N) is 4. The molecular weight excluding hydrogens is 662 g/mol. The third kappa shape index (κ3) is 17.8. The Morgan fingerprint density at radius 2 is 0.840 bits per heavy atom. The first-order valence-corrected chi connectivity index (χ1v) is 15.5. The molecule has 9 amide bonds. The predicted molar refractivity (Wildman–Crippen MR) is 177 cm³/mol. The van der Waals surface area contributed by atoms with Crippen molar-refractivity contribution in [2.75, 3.05) is 114 Å². The van der Waals surface area contributed by atoms with Crippen molar-refractivity contribution in [3.05, 3.63) is 0 Å². The van der Waals surface area contributed by atoms with Crippen LogP contribution in [0.5, 0.6) is 0 Å². The molecular formula is C29H51N11O10. The van der Waals surface area contributed by atoms with Crippen LogP contribution in [0.1, 0.15) is 6.92 Å². The maximum atomic E-state index is 12.6. The zero-order valence-electron chi connectivity index (χ0n) is 29.8. The first kappa shape index (κ1) is 44.8. The Hall–Kier alpha value is -5.18. The molecule has 282 valence electrons. The van der Waals surface area contributed by atoms with Crippen LogP contribution in [0, 0.1) is 0 Å². The monoisotopic (exact) mass is 713 g/mol. The van der Waals surface area contributed by atoms with E-state index in [0.717, 1.165) is 24.5 Å². The molecule has 0 spiro atoms. The van der Waals surface area contributed by atoms with Gasteiger partial charge in [0.05, 0.1) is 64.9 Å². The van der Waals surface area contributed by atoms with Gasteiger partial charge in [-0.05, 0) is 6.54 Å². The topological polar surface area (TPSA) is 264 Å². The molecule has 6 N–H and O–H groups in total. The molecule has 0 aliphatic rings. The number of hydrogen-bond acceptors (Lipinski definition) is 12. The van der Waals surface area contributed by atoms with Crippen molar-refractivity contribution in [3.8, 4) is 0 Å². The number of hydrogen-bond donors (Lipinski definition) is 5. The van der Waals surface area contributed by atoms with Crippen LogP contribution in [0.4, 0.5) is 0 Å². The van der Waals surface area contributed by atoms with E-state index in [1.807, 2.05) is 6.92 Å². The molecule has 50 heavy (non-hydrogen) atoms. The summed E-state index contributed by atoms with van der Waals surface area (Å²) in [5.41, 5.74) is 5.34. The third-order valence-corrected chi connectivity index (χ3v) is 6.98. The van der Waals surface area contributed by atoms with Gasteiger partial charge in [-0.15, -0.1) is 0 Å². The van der Waals surface area contributed by atoms with Crippen molar-refractivity contribution in [2.45, 2.75) is 13.0 Å². The van der Waals surface area contributed by atoms with E-state index in [1.165, 1.54) is 47.2 Å². The van der Waals surface area contributed by atoms with Crippen molar-refractivity contribution < 1.29 is 47.9 Å². The molecule has 0 radical (unpaired) electrons. The second kappa shape index (κ2) is 23.2. The van der Waals surface area contributed by atoms with E-state index in [2.05, 4.69) is 21.3 Å². The number of nitrogens with zero attached hydrogens (tertiary/aromatic N) is 6. The van der Waals surface area contributed by atoms with Gasteiger partial charge in [-0.1, -0.05) is 6.92 Å². The maximum absolute atomic E-state index is 12.6. The van der Waals surface area contributed by atoms with Crippen molar-refractivity contribution in [3.63, 3.8) is 0 Å². The number of amides is 9. The minimum Gasteiger partial charge on any atom is -0.345 e. The molecule has 0 rings (SSSR count). The van der Waals surface area contributed by atoms with E-state index >= 15 is 0 Å². The minimum absolute atomic E-state index is 0.0716. The molecule has 21 nitrogen and oxygen atoms in total. The smallest absolute Gasteiger partial charge is 0.242 e. The van der Waals surface area contributed by atoms with Gasteiger partial charge >= 0.3 is 0 Å². The summed E-state index contributed by atoms with van der Waals surface area (Å²) in [5.74, 6) is -5.18. The number of carbonyl (C=O) groups is 10. The number of nitrogens with two attached hydrogens (primary N) is 1. The normalized spacial score (nSPS) is 10.9. The van der Waals surface area contributed by atoms with Gasteiger partial charge in [0, 0.05) is 48.8 Å². The second-order valence-corrected chi connectivity index (χ2v) is 11.4. The molecule has 0 aromatic rings. The van der Waals surface area contributed by atoms with E-state index in [9.17, 15) is 47.9 Å². The van der Waals surface area contributed by atoms with Crippen molar-refractivity contribution in [2.24, 2.45) is 5.73 Å². The number of likely N-dealkylation sites (N-methyl/N-ethyl adjacent to an activating group) is 7. The van der Waals surface area contributed by atoms with Gasteiger partial charge in [-0.3, -0.25) is 43.2 Å². The summed E-state index contributed by atoms with van der Waals surface area (Å²) in [6.45, 7) is -0.833. The van der Waals surface area contributed by atoms with Gasteiger partial charge in [0.1, 0.15) is 6.29 Å². The summed E-state index contributed by atoms with van der Waals surface area (Å²) in [7, 11) is 8.11. The van der Waals surface area contributed by atoms with E-state index in [1.54, 1.807) is 0 Å². The van der Waals surface area contributed by atoms with Crippen LogP contribution in [0.2, 0.25) is 0 Å². The molecule has 0 fully saturated rings. The van der Waals surface area contributed by atoms with E-state index < -0.39 is 86.0 Å². The van der Waals surface area contributed by atoms with Crippen LogP contribution in [-0.2, 0) is 47.9 Å². The molecule has 0 heterocycles. The number of carbonyl (C=O) groups excluding carboxylic acids is 10. The molecule has 0 saturated heterocycles. The highest BCUT2D eigenvalue weighted by atomic mass is 16.2. The summed E-state index contributed by atoms with van der Waals surface area (Å²) in [5, 5.41) is 9.90. The molecule has 0 bridgehead atoms. The summed E-state index contributed by atoms with van der Waals surface area (Å²) in [4.78, 5) is 128. The Balaban J connectivity index is 4.58. The van der Waals surface area contributed by atoms with Gasteiger partial charge in [-0.25, -0.2) is 0 Å². The lowest BCUT2D eigenvalue weighted by atomic mass is 10.3.